The highest BCUT2D eigenvalue weighted by molar-refractivity contribution is 5.63. The summed E-state index contributed by atoms with van der Waals surface area (Å²) < 4.78 is 5.96. The molecule has 138 valence electrons. The maximum atomic E-state index is 5.96. The Hall–Kier alpha value is -2.78. The van der Waals surface area contributed by atoms with Crippen LogP contribution in [-0.2, 0) is 0 Å². The van der Waals surface area contributed by atoms with Gasteiger partial charge < -0.3 is 9.64 Å². The molecule has 0 aromatic heterocycles. The minimum Gasteiger partial charge on any atom is -0.492 e. The third-order valence-electron chi connectivity index (χ3n) is 5.13. The van der Waals surface area contributed by atoms with Crippen LogP contribution in [-0.4, -0.2) is 44.2 Å². The summed E-state index contributed by atoms with van der Waals surface area (Å²) in [5.41, 5.74) is 3.78. The molecule has 0 atom stereocenters. The van der Waals surface area contributed by atoms with Crippen LogP contribution in [0.2, 0.25) is 0 Å². The number of anilines is 1. The van der Waals surface area contributed by atoms with E-state index in [2.05, 4.69) is 88.7 Å². The van der Waals surface area contributed by atoms with E-state index >= 15 is 0 Å². The summed E-state index contributed by atoms with van der Waals surface area (Å²) in [4.78, 5) is 4.94. The van der Waals surface area contributed by atoms with Gasteiger partial charge >= 0.3 is 0 Å². The third kappa shape index (κ3) is 4.69. The molecule has 4 rings (SSSR count). The van der Waals surface area contributed by atoms with Crippen molar-refractivity contribution in [2.24, 2.45) is 0 Å². The molecule has 3 nitrogen and oxygen atoms in total. The van der Waals surface area contributed by atoms with Gasteiger partial charge in [-0.1, -0.05) is 60.7 Å². The Morgan fingerprint density at radius 3 is 1.89 bits per heavy atom. The quantitative estimate of drug-likeness (QED) is 0.643. The van der Waals surface area contributed by atoms with Gasteiger partial charge in [-0.15, -0.1) is 0 Å². The summed E-state index contributed by atoms with van der Waals surface area (Å²) in [6.07, 6.45) is 0. The minimum absolute atomic E-state index is 0.732. The fourth-order valence-electron chi connectivity index (χ4n) is 3.54. The lowest BCUT2D eigenvalue weighted by Gasteiger charge is -2.36. The third-order valence-corrected chi connectivity index (χ3v) is 5.13. The first-order chi connectivity index (χ1) is 13.4. The van der Waals surface area contributed by atoms with E-state index < -0.39 is 0 Å². The van der Waals surface area contributed by atoms with E-state index in [1.54, 1.807) is 0 Å². The van der Waals surface area contributed by atoms with E-state index in [1.807, 2.05) is 6.07 Å². The van der Waals surface area contributed by atoms with Crippen LogP contribution in [0.3, 0.4) is 0 Å². The molecular weight excluding hydrogens is 332 g/mol. The highest BCUT2D eigenvalue weighted by atomic mass is 16.5. The van der Waals surface area contributed by atoms with Gasteiger partial charge in [-0.25, -0.2) is 0 Å². The zero-order valence-corrected chi connectivity index (χ0v) is 15.6. The van der Waals surface area contributed by atoms with Gasteiger partial charge in [0.1, 0.15) is 12.4 Å². The van der Waals surface area contributed by atoms with Crippen molar-refractivity contribution >= 4 is 5.69 Å². The highest BCUT2D eigenvalue weighted by Gasteiger charge is 2.16. The molecule has 0 N–H and O–H groups in total. The van der Waals surface area contributed by atoms with Crippen LogP contribution in [0, 0.1) is 0 Å². The largest absolute Gasteiger partial charge is 0.492 e. The van der Waals surface area contributed by atoms with Crippen molar-refractivity contribution in [1.29, 1.82) is 0 Å². The molecule has 1 heterocycles. The topological polar surface area (TPSA) is 15.7 Å². The van der Waals surface area contributed by atoms with Gasteiger partial charge in [0.25, 0.3) is 0 Å². The van der Waals surface area contributed by atoms with E-state index in [0.29, 0.717) is 0 Å². The molecule has 3 aromatic carbocycles. The molecule has 1 fully saturated rings. The average Bonchev–Trinajstić information content (AvgIpc) is 2.76. The maximum absolute atomic E-state index is 5.96. The summed E-state index contributed by atoms with van der Waals surface area (Å²) in [7, 11) is 0. The Kier molecular flexibility index (Phi) is 5.70. The van der Waals surface area contributed by atoms with Crippen LogP contribution in [0.5, 0.6) is 5.75 Å². The molecular formula is C24H26N2O. The fraction of sp³-hybridized carbons (Fsp3) is 0.250. The van der Waals surface area contributed by atoms with Crippen LogP contribution >= 0.6 is 0 Å². The van der Waals surface area contributed by atoms with E-state index in [-0.39, 0.29) is 0 Å². The summed E-state index contributed by atoms with van der Waals surface area (Å²) in [6, 6.07) is 29.5. The Bertz CT molecular complexity index is 810. The van der Waals surface area contributed by atoms with Gasteiger partial charge in [0.2, 0.25) is 0 Å². The Morgan fingerprint density at radius 1 is 0.630 bits per heavy atom. The second-order valence-electron chi connectivity index (χ2n) is 6.90. The van der Waals surface area contributed by atoms with Crippen LogP contribution < -0.4 is 9.64 Å². The number of nitrogens with zero attached hydrogens (tertiary/aromatic N) is 2. The first-order valence-electron chi connectivity index (χ1n) is 9.69. The van der Waals surface area contributed by atoms with E-state index in [0.717, 1.165) is 45.1 Å². The van der Waals surface area contributed by atoms with Crippen molar-refractivity contribution in [3.05, 3.63) is 84.9 Å². The van der Waals surface area contributed by atoms with Crippen molar-refractivity contribution in [3.63, 3.8) is 0 Å². The number of hydrogen-bond donors (Lipinski definition) is 0. The van der Waals surface area contributed by atoms with Crippen LogP contribution in [0.15, 0.2) is 84.9 Å². The molecule has 0 amide bonds. The second kappa shape index (κ2) is 8.74. The first kappa shape index (κ1) is 17.6. The normalized spacial score (nSPS) is 14.9. The first-order valence-corrected chi connectivity index (χ1v) is 9.69. The Morgan fingerprint density at radius 2 is 1.22 bits per heavy atom. The summed E-state index contributed by atoms with van der Waals surface area (Å²) >= 11 is 0. The molecule has 1 saturated heterocycles. The Balaban J connectivity index is 1.21. The highest BCUT2D eigenvalue weighted by Crippen LogP contribution is 2.22. The predicted octanol–water partition coefficient (Wildman–Crippen LogP) is 4.55. The summed E-state index contributed by atoms with van der Waals surface area (Å²) in [6.45, 7) is 6.04. The average molecular weight is 358 g/mol. The standard InChI is InChI=1S/C24H26N2O/c1-3-7-21(8-4-1)22-11-13-24(14-12-22)27-20-19-25-15-17-26(18-16-25)23-9-5-2-6-10-23/h1-14H,15-20H2. The molecule has 0 spiro atoms. The predicted molar refractivity (Wildman–Crippen MR) is 112 cm³/mol. The molecule has 0 saturated carbocycles. The molecule has 1 aliphatic rings. The molecule has 27 heavy (non-hydrogen) atoms. The van der Waals surface area contributed by atoms with Crippen LogP contribution in [0.25, 0.3) is 11.1 Å². The van der Waals surface area contributed by atoms with E-state index in [1.165, 1.54) is 16.8 Å². The molecule has 0 bridgehead atoms. The van der Waals surface area contributed by atoms with Gasteiger partial charge in [-0.3, -0.25) is 4.90 Å². The monoisotopic (exact) mass is 358 g/mol. The molecule has 3 heteroatoms. The van der Waals surface area contributed by atoms with Crippen molar-refractivity contribution in [2.45, 2.75) is 0 Å². The zero-order chi connectivity index (χ0) is 18.3. The SMILES string of the molecule is c1ccc(-c2ccc(OCCN3CCN(c4ccccc4)CC3)cc2)cc1. The van der Waals surface area contributed by atoms with Gasteiger partial charge in [-0.05, 0) is 35.4 Å². The Labute approximate surface area is 161 Å². The zero-order valence-electron chi connectivity index (χ0n) is 15.6. The summed E-state index contributed by atoms with van der Waals surface area (Å²) in [5.74, 6) is 0.942. The number of piperazine rings is 1. The number of ether oxygens (including phenoxy) is 1. The lowest BCUT2D eigenvalue weighted by atomic mass is 10.1. The van der Waals surface area contributed by atoms with Crippen LogP contribution in [0.1, 0.15) is 0 Å². The number of rotatable bonds is 6. The molecule has 3 aromatic rings. The second-order valence-corrected chi connectivity index (χ2v) is 6.90. The van der Waals surface area contributed by atoms with Gasteiger partial charge in [-0.2, -0.15) is 0 Å². The fourth-order valence-corrected chi connectivity index (χ4v) is 3.54. The number of para-hydroxylation sites is 1. The van der Waals surface area contributed by atoms with Crippen molar-refractivity contribution in [2.75, 3.05) is 44.2 Å². The number of hydrogen-bond acceptors (Lipinski definition) is 3. The smallest absolute Gasteiger partial charge is 0.119 e. The van der Waals surface area contributed by atoms with Crippen LogP contribution in [0.4, 0.5) is 5.69 Å². The van der Waals surface area contributed by atoms with Gasteiger partial charge in [0.05, 0.1) is 0 Å². The molecule has 0 aliphatic carbocycles. The van der Waals surface area contributed by atoms with E-state index in [9.17, 15) is 0 Å². The number of benzene rings is 3. The summed E-state index contributed by atoms with van der Waals surface area (Å²) in [5, 5.41) is 0. The lowest BCUT2D eigenvalue weighted by Crippen LogP contribution is -2.47. The van der Waals surface area contributed by atoms with Crippen molar-refractivity contribution in [1.82, 2.24) is 4.90 Å². The van der Waals surface area contributed by atoms with Gasteiger partial charge in [0.15, 0.2) is 0 Å². The molecule has 0 unspecified atom stereocenters. The maximum Gasteiger partial charge on any atom is 0.119 e. The van der Waals surface area contributed by atoms with Crippen molar-refractivity contribution in [3.8, 4) is 16.9 Å². The van der Waals surface area contributed by atoms with E-state index in [4.69, 9.17) is 4.74 Å². The lowest BCUT2D eigenvalue weighted by molar-refractivity contribution is 0.200. The van der Waals surface area contributed by atoms with Crippen molar-refractivity contribution < 1.29 is 4.74 Å². The molecule has 1 aliphatic heterocycles. The molecule has 0 radical (unpaired) electrons. The minimum atomic E-state index is 0.732. The van der Waals surface area contributed by atoms with Gasteiger partial charge in [0, 0.05) is 38.4 Å².